The predicted molar refractivity (Wildman–Crippen MR) is 119 cm³/mol. The van der Waals surface area contributed by atoms with Gasteiger partial charge >= 0.3 is 0 Å². The van der Waals surface area contributed by atoms with Gasteiger partial charge in [0.1, 0.15) is 0 Å². The highest BCUT2D eigenvalue weighted by molar-refractivity contribution is 7.09. The molecule has 0 saturated carbocycles. The summed E-state index contributed by atoms with van der Waals surface area (Å²) in [6, 6.07) is 11.6. The highest BCUT2D eigenvalue weighted by atomic mass is 32.1. The van der Waals surface area contributed by atoms with Crippen LogP contribution in [0, 0.1) is 0 Å². The molecule has 1 saturated heterocycles. The van der Waals surface area contributed by atoms with E-state index in [1.165, 1.54) is 4.88 Å². The number of hydrogen-bond acceptors (Lipinski definition) is 5. The summed E-state index contributed by atoms with van der Waals surface area (Å²) in [4.78, 5) is 30.6. The molecular weight excluding hydrogens is 384 g/mol. The lowest BCUT2D eigenvalue weighted by Crippen LogP contribution is -2.54. The fraction of sp³-hybridized carbons (Fsp3) is 0.455. The highest BCUT2D eigenvalue weighted by Crippen LogP contribution is 2.14. The number of nitrogens with one attached hydrogen (secondary N) is 2. The Morgan fingerprint density at radius 3 is 2.83 bits per heavy atom. The topological polar surface area (TPSA) is 64.7 Å². The summed E-state index contributed by atoms with van der Waals surface area (Å²) in [6.07, 6.45) is 2.20. The van der Waals surface area contributed by atoms with E-state index in [-0.39, 0.29) is 11.8 Å². The van der Waals surface area contributed by atoms with Crippen LogP contribution in [0.5, 0.6) is 0 Å². The Balaban J connectivity index is 1.46. The van der Waals surface area contributed by atoms with Gasteiger partial charge in [-0.3, -0.25) is 14.5 Å². The maximum Gasteiger partial charge on any atom is 0.251 e. The lowest BCUT2D eigenvalue weighted by Gasteiger charge is -2.37. The number of likely N-dealkylation sites (N-methyl/N-ethyl adjacent to an activating group) is 2. The van der Waals surface area contributed by atoms with Gasteiger partial charge in [0.15, 0.2) is 0 Å². The molecule has 1 aromatic heterocycles. The molecule has 6 nitrogen and oxygen atoms in total. The van der Waals surface area contributed by atoms with E-state index in [1.54, 1.807) is 29.5 Å². The molecular formula is C22H30N4O2S. The second-order valence-corrected chi connectivity index (χ2v) is 8.70. The van der Waals surface area contributed by atoms with Crippen molar-refractivity contribution in [3.8, 4) is 0 Å². The summed E-state index contributed by atoms with van der Waals surface area (Å²) in [6.45, 7) is 3.61. The molecule has 1 fully saturated rings. The van der Waals surface area contributed by atoms with Gasteiger partial charge in [-0.05, 0) is 56.6 Å². The minimum atomic E-state index is -0.111. The number of carbonyl (C=O) groups excluding carboxylic acids is 2. The fourth-order valence-corrected chi connectivity index (χ4v) is 4.23. The number of amides is 2. The van der Waals surface area contributed by atoms with E-state index in [4.69, 9.17) is 0 Å². The third-order valence-corrected chi connectivity index (χ3v) is 6.23. The van der Waals surface area contributed by atoms with E-state index in [0.29, 0.717) is 30.3 Å². The van der Waals surface area contributed by atoms with Crippen molar-refractivity contribution in [3.63, 3.8) is 0 Å². The number of aryl methyl sites for hydroxylation is 1. The van der Waals surface area contributed by atoms with E-state index in [9.17, 15) is 9.59 Å². The molecule has 0 bridgehead atoms. The van der Waals surface area contributed by atoms with Crippen molar-refractivity contribution in [3.05, 3.63) is 52.2 Å². The number of piperazine rings is 1. The average molecular weight is 415 g/mol. The van der Waals surface area contributed by atoms with Crippen LogP contribution in [0.2, 0.25) is 0 Å². The van der Waals surface area contributed by atoms with Crippen molar-refractivity contribution in [2.24, 2.45) is 0 Å². The Morgan fingerprint density at radius 1 is 1.17 bits per heavy atom. The Morgan fingerprint density at radius 2 is 2.03 bits per heavy atom. The van der Waals surface area contributed by atoms with Crippen LogP contribution >= 0.6 is 11.3 Å². The monoisotopic (exact) mass is 414 g/mol. The van der Waals surface area contributed by atoms with Crippen LogP contribution < -0.4 is 10.6 Å². The van der Waals surface area contributed by atoms with E-state index < -0.39 is 0 Å². The van der Waals surface area contributed by atoms with E-state index in [1.807, 2.05) is 12.1 Å². The standard InChI is InChI=1S/C22H30N4O2S/c1-25-11-12-26(2)19(16-25)15-23-22(28)17-6-3-7-18(14-17)24-21(27)10-4-8-20-9-5-13-29-20/h3,5-7,9,13-14,19H,4,8,10-12,15-16H2,1-2H3,(H,23,28)(H,24,27). The molecule has 2 heterocycles. The first kappa shape index (κ1) is 21.5. The first-order valence-corrected chi connectivity index (χ1v) is 11.0. The third kappa shape index (κ3) is 6.66. The minimum absolute atomic E-state index is 0.0222. The second kappa shape index (κ2) is 10.5. The molecule has 7 heteroatoms. The molecule has 1 unspecified atom stereocenters. The second-order valence-electron chi connectivity index (χ2n) is 7.67. The van der Waals surface area contributed by atoms with Gasteiger partial charge in [-0.1, -0.05) is 12.1 Å². The Bertz CT molecular complexity index is 809. The lowest BCUT2D eigenvalue weighted by atomic mass is 10.1. The molecule has 2 aromatic rings. The van der Waals surface area contributed by atoms with Gasteiger partial charge in [0.05, 0.1) is 0 Å². The molecule has 1 aromatic carbocycles. The molecule has 2 N–H and O–H groups in total. The van der Waals surface area contributed by atoms with Gasteiger partial charge in [0, 0.05) is 54.8 Å². The van der Waals surface area contributed by atoms with Crippen LogP contribution in [0.4, 0.5) is 5.69 Å². The van der Waals surface area contributed by atoms with E-state index in [2.05, 4.69) is 46.0 Å². The predicted octanol–water partition coefficient (Wildman–Crippen LogP) is 2.69. The first-order valence-electron chi connectivity index (χ1n) is 10.1. The van der Waals surface area contributed by atoms with Gasteiger partial charge in [-0.25, -0.2) is 0 Å². The van der Waals surface area contributed by atoms with Crippen LogP contribution in [0.15, 0.2) is 41.8 Å². The van der Waals surface area contributed by atoms with Crippen LogP contribution in [-0.4, -0.2) is 67.9 Å². The van der Waals surface area contributed by atoms with Crippen LogP contribution in [-0.2, 0) is 11.2 Å². The summed E-state index contributed by atoms with van der Waals surface area (Å²) >= 11 is 1.72. The largest absolute Gasteiger partial charge is 0.350 e. The zero-order chi connectivity index (χ0) is 20.6. The molecule has 156 valence electrons. The SMILES string of the molecule is CN1CCN(C)C(CNC(=O)c2cccc(NC(=O)CCCc3cccs3)c2)C1. The van der Waals surface area contributed by atoms with Crippen LogP contribution in [0.3, 0.4) is 0 Å². The molecule has 29 heavy (non-hydrogen) atoms. The summed E-state index contributed by atoms with van der Waals surface area (Å²) < 4.78 is 0. The van der Waals surface area contributed by atoms with Gasteiger partial charge in [-0.2, -0.15) is 0 Å². The molecule has 2 amide bonds. The van der Waals surface area contributed by atoms with Crippen molar-refractivity contribution >= 4 is 28.8 Å². The van der Waals surface area contributed by atoms with Crippen molar-refractivity contribution in [1.29, 1.82) is 0 Å². The molecule has 3 rings (SSSR count). The van der Waals surface area contributed by atoms with Crippen molar-refractivity contribution < 1.29 is 9.59 Å². The normalized spacial score (nSPS) is 17.8. The molecule has 0 radical (unpaired) electrons. The van der Waals surface area contributed by atoms with Crippen LogP contribution in [0.1, 0.15) is 28.1 Å². The number of thiophene rings is 1. The zero-order valence-electron chi connectivity index (χ0n) is 17.2. The fourth-order valence-electron chi connectivity index (χ4n) is 3.47. The Hall–Kier alpha value is -2.22. The molecule has 1 aliphatic heterocycles. The quantitative estimate of drug-likeness (QED) is 0.697. The highest BCUT2D eigenvalue weighted by Gasteiger charge is 2.22. The number of hydrogen-bond donors (Lipinski definition) is 2. The van der Waals surface area contributed by atoms with Crippen molar-refractivity contribution in [1.82, 2.24) is 15.1 Å². The Labute approximate surface area is 176 Å². The molecule has 1 atom stereocenters. The number of benzene rings is 1. The van der Waals surface area contributed by atoms with Crippen LogP contribution in [0.25, 0.3) is 0 Å². The summed E-state index contributed by atoms with van der Waals surface area (Å²) in [5.74, 6) is -0.133. The van der Waals surface area contributed by atoms with E-state index in [0.717, 1.165) is 32.5 Å². The third-order valence-electron chi connectivity index (χ3n) is 5.29. The Kier molecular flexibility index (Phi) is 7.80. The van der Waals surface area contributed by atoms with Crippen molar-refractivity contribution in [2.45, 2.75) is 25.3 Å². The van der Waals surface area contributed by atoms with E-state index >= 15 is 0 Å². The average Bonchev–Trinajstić information content (AvgIpc) is 3.22. The van der Waals surface area contributed by atoms with Crippen molar-refractivity contribution in [2.75, 3.05) is 45.6 Å². The number of rotatable bonds is 8. The molecule has 0 spiro atoms. The minimum Gasteiger partial charge on any atom is -0.350 e. The van der Waals surface area contributed by atoms with Gasteiger partial charge in [0.2, 0.25) is 5.91 Å². The first-order chi connectivity index (χ1) is 14.0. The number of nitrogens with zero attached hydrogens (tertiary/aromatic N) is 2. The van der Waals surface area contributed by atoms with Gasteiger partial charge in [0.25, 0.3) is 5.91 Å². The summed E-state index contributed by atoms with van der Waals surface area (Å²) in [7, 11) is 4.20. The number of carbonyl (C=O) groups is 2. The maximum absolute atomic E-state index is 12.6. The summed E-state index contributed by atoms with van der Waals surface area (Å²) in [5.41, 5.74) is 1.22. The molecule has 1 aliphatic rings. The lowest BCUT2D eigenvalue weighted by molar-refractivity contribution is -0.116. The molecule has 0 aliphatic carbocycles. The summed E-state index contributed by atoms with van der Waals surface area (Å²) in [5, 5.41) is 7.99. The van der Waals surface area contributed by atoms with Gasteiger partial charge < -0.3 is 15.5 Å². The smallest absolute Gasteiger partial charge is 0.251 e. The van der Waals surface area contributed by atoms with Gasteiger partial charge in [-0.15, -0.1) is 11.3 Å². The zero-order valence-corrected chi connectivity index (χ0v) is 18.0. The maximum atomic E-state index is 12.6. The number of anilines is 1.